The van der Waals surface area contributed by atoms with E-state index in [-0.39, 0.29) is 0 Å². The maximum Gasteiger partial charge on any atom is 0.136 e. The zero-order valence-corrected chi connectivity index (χ0v) is 9.27. The van der Waals surface area contributed by atoms with Gasteiger partial charge in [0.1, 0.15) is 11.9 Å². The minimum Gasteiger partial charge on any atom is -0.466 e. The molecule has 1 aromatic heterocycles. The number of hydrogen-bond donors (Lipinski definition) is 1. The highest BCUT2D eigenvalue weighted by molar-refractivity contribution is 5.22. The number of ether oxygens (including phenoxy) is 1. The SMILES string of the molecule is Cc1ccoc1C(O)C1(C#N)CCOCC1. The number of aliphatic hydroxyl groups excluding tert-OH is 1. The summed E-state index contributed by atoms with van der Waals surface area (Å²) in [5, 5.41) is 19.6. The first-order valence-electron chi connectivity index (χ1n) is 5.41. The van der Waals surface area contributed by atoms with Gasteiger partial charge >= 0.3 is 0 Å². The second kappa shape index (κ2) is 4.28. The lowest BCUT2D eigenvalue weighted by Gasteiger charge is -2.34. The van der Waals surface area contributed by atoms with E-state index >= 15 is 0 Å². The van der Waals surface area contributed by atoms with Crippen LogP contribution in [0.25, 0.3) is 0 Å². The van der Waals surface area contributed by atoms with Crippen LogP contribution in [0.5, 0.6) is 0 Å². The summed E-state index contributed by atoms with van der Waals surface area (Å²) in [7, 11) is 0. The predicted octanol–water partition coefficient (Wildman–Crippen LogP) is 1.94. The van der Waals surface area contributed by atoms with Gasteiger partial charge in [-0.25, -0.2) is 0 Å². The normalized spacial score (nSPS) is 21.3. The molecule has 1 unspecified atom stereocenters. The molecule has 1 aliphatic heterocycles. The van der Waals surface area contributed by atoms with Crippen LogP contribution < -0.4 is 0 Å². The van der Waals surface area contributed by atoms with Crippen molar-refractivity contribution in [2.75, 3.05) is 13.2 Å². The molecule has 2 heterocycles. The molecule has 16 heavy (non-hydrogen) atoms. The number of nitrogens with zero attached hydrogens (tertiary/aromatic N) is 1. The molecule has 0 amide bonds. The fraction of sp³-hybridized carbons (Fsp3) is 0.583. The Balaban J connectivity index is 2.28. The average molecular weight is 221 g/mol. The Hall–Kier alpha value is -1.31. The average Bonchev–Trinajstić information content (AvgIpc) is 2.75. The number of hydrogen-bond acceptors (Lipinski definition) is 4. The second-order valence-electron chi connectivity index (χ2n) is 4.25. The van der Waals surface area contributed by atoms with Crippen LogP contribution in [0.1, 0.15) is 30.3 Å². The van der Waals surface area contributed by atoms with Crippen LogP contribution in [0.15, 0.2) is 16.7 Å². The van der Waals surface area contributed by atoms with E-state index in [2.05, 4.69) is 6.07 Å². The molecule has 1 N–H and O–H groups in total. The van der Waals surface area contributed by atoms with Crippen LogP contribution >= 0.6 is 0 Å². The minimum absolute atomic E-state index is 0.503. The standard InChI is InChI=1S/C12H15NO3/c1-9-2-5-16-10(9)11(14)12(8-13)3-6-15-7-4-12/h2,5,11,14H,3-4,6-7H2,1H3. The number of furan rings is 1. The molecule has 0 saturated carbocycles. The molecule has 0 aromatic carbocycles. The first kappa shape index (κ1) is 11.2. The van der Waals surface area contributed by atoms with Gasteiger partial charge in [0.25, 0.3) is 0 Å². The van der Waals surface area contributed by atoms with Gasteiger partial charge in [-0.15, -0.1) is 0 Å². The number of nitriles is 1. The van der Waals surface area contributed by atoms with Gasteiger partial charge in [0.05, 0.1) is 17.7 Å². The van der Waals surface area contributed by atoms with Crippen molar-refractivity contribution in [3.05, 3.63) is 23.7 Å². The van der Waals surface area contributed by atoms with E-state index in [0.717, 1.165) is 5.56 Å². The Labute approximate surface area is 94.4 Å². The van der Waals surface area contributed by atoms with Crippen molar-refractivity contribution < 1.29 is 14.3 Å². The maximum absolute atomic E-state index is 10.3. The summed E-state index contributed by atoms with van der Waals surface area (Å²) in [6.07, 6.45) is 1.77. The van der Waals surface area contributed by atoms with Crippen molar-refractivity contribution in [2.24, 2.45) is 5.41 Å². The molecule has 1 saturated heterocycles. The first-order chi connectivity index (χ1) is 7.69. The fourth-order valence-corrected chi connectivity index (χ4v) is 2.10. The summed E-state index contributed by atoms with van der Waals surface area (Å²) in [6.45, 7) is 2.90. The van der Waals surface area contributed by atoms with Crippen LogP contribution in [0, 0.1) is 23.7 Å². The van der Waals surface area contributed by atoms with Crippen LogP contribution in [0.2, 0.25) is 0 Å². The van der Waals surface area contributed by atoms with Crippen LogP contribution in [0.4, 0.5) is 0 Å². The third-order valence-corrected chi connectivity index (χ3v) is 3.28. The van der Waals surface area contributed by atoms with Crippen LogP contribution in [-0.4, -0.2) is 18.3 Å². The van der Waals surface area contributed by atoms with Crippen molar-refractivity contribution in [3.8, 4) is 6.07 Å². The second-order valence-corrected chi connectivity index (χ2v) is 4.25. The molecule has 0 radical (unpaired) electrons. The Kier molecular flexibility index (Phi) is 2.99. The van der Waals surface area contributed by atoms with Crippen molar-refractivity contribution in [1.29, 1.82) is 5.26 Å². The molecular formula is C12H15NO3. The van der Waals surface area contributed by atoms with Gasteiger partial charge in [-0.2, -0.15) is 5.26 Å². The highest BCUT2D eigenvalue weighted by Crippen LogP contribution is 2.42. The molecule has 86 valence electrons. The summed E-state index contributed by atoms with van der Waals surface area (Å²) in [6, 6.07) is 4.04. The predicted molar refractivity (Wildman–Crippen MR) is 56.5 cm³/mol. The van der Waals surface area contributed by atoms with Crippen molar-refractivity contribution in [3.63, 3.8) is 0 Å². The van der Waals surface area contributed by atoms with Crippen molar-refractivity contribution in [1.82, 2.24) is 0 Å². The molecule has 1 fully saturated rings. The van der Waals surface area contributed by atoms with E-state index in [9.17, 15) is 10.4 Å². The van der Waals surface area contributed by atoms with Gasteiger partial charge in [0.2, 0.25) is 0 Å². The van der Waals surface area contributed by atoms with E-state index in [0.29, 0.717) is 31.8 Å². The quantitative estimate of drug-likeness (QED) is 0.828. The molecule has 0 bridgehead atoms. The molecule has 1 aliphatic rings. The molecular weight excluding hydrogens is 206 g/mol. The highest BCUT2D eigenvalue weighted by atomic mass is 16.5. The zero-order chi connectivity index (χ0) is 11.6. The zero-order valence-electron chi connectivity index (χ0n) is 9.27. The molecule has 4 nitrogen and oxygen atoms in total. The summed E-state index contributed by atoms with van der Waals surface area (Å²) >= 11 is 0. The van der Waals surface area contributed by atoms with E-state index in [1.165, 1.54) is 6.26 Å². The Morgan fingerprint density at radius 3 is 2.69 bits per heavy atom. The smallest absolute Gasteiger partial charge is 0.136 e. The number of aliphatic hydroxyl groups is 1. The number of aryl methyl sites for hydroxylation is 1. The lowest BCUT2D eigenvalue weighted by Crippen LogP contribution is -2.34. The first-order valence-corrected chi connectivity index (χ1v) is 5.41. The van der Waals surface area contributed by atoms with Gasteiger partial charge in [-0.3, -0.25) is 0 Å². The van der Waals surface area contributed by atoms with Gasteiger partial charge in [-0.05, 0) is 31.4 Å². The molecule has 1 atom stereocenters. The van der Waals surface area contributed by atoms with Gasteiger partial charge in [-0.1, -0.05) is 0 Å². The Morgan fingerprint density at radius 2 is 2.19 bits per heavy atom. The third-order valence-electron chi connectivity index (χ3n) is 3.28. The van der Waals surface area contributed by atoms with E-state index < -0.39 is 11.5 Å². The molecule has 0 spiro atoms. The Morgan fingerprint density at radius 1 is 1.50 bits per heavy atom. The fourth-order valence-electron chi connectivity index (χ4n) is 2.10. The Bertz CT molecular complexity index is 399. The van der Waals surface area contributed by atoms with Crippen molar-refractivity contribution >= 4 is 0 Å². The lowest BCUT2D eigenvalue weighted by atomic mass is 9.75. The van der Waals surface area contributed by atoms with E-state index in [1.54, 1.807) is 6.07 Å². The lowest BCUT2D eigenvalue weighted by molar-refractivity contribution is -0.0394. The van der Waals surface area contributed by atoms with Crippen molar-refractivity contribution in [2.45, 2.75) is 25.9 Å². The van der Waals surface area contributed by atoms with Gasteiger partial charge in [0, 0.05) is 13.2 Å². The van der Waals surface area contributed by atoms with Gasteiger partial charge < -0.3 is 14.3 Å². The number of rotatable bonds is 2. The summed E-state index contributed by atoms with van der Waals surface area (Å²) in [5.74, 6) is 0.503. The monoisotopic (exact) mass is 221 g/mol. The van der Waals surface area contributed by atoms with Crippen LogP contribution in [0.3, 0.4) is 0 Å². The highest BCUT2D eigenvalue weighted by Gasteiger charge is 2.42. The van der Waals surface area contributed by atoms with Crippen LogP contribution in [-0.2, 0) is 4.74 Å². The maximum atomic E-state index is 10.3. The molecule has 4 heteroatoms. The molecule has 1 aromatic rings. The third kappa shape index (κ3) is 1.73. The van der Waals surface area contributed by atoms with Gasteiger partial charge in [0.15, 0.2) is 0 Å². The topological polar surface area (TPSA) is 66.4 Å². The summed E-state index contributed by atoms with van der Waals surface area (Å²) in [4.78, 5) is 0. The largest absolute Gasteiger partial charge is 0.466 e. The van der Waals surface area contributed by atoms with E-state index in [1.807, 2.05) is 6.92 Å². The molecule has 2 rings (SSSR count). The summed E-state index contributed by atoms with van der Waals surface area (Å²) in [5.41, 5.74) is 0.120. The minimum atomic E-state index is -0.864. The van der Waals surface area contributed by atoms with E-state index in [4.69, 9.17) is 9.15 Å². The molecule has 0 aliphatic carbocycles. The summed E-state index contributed by atoms with van der Waals surface area (Å²) < 4.78 is 10.5.